The van der Waals surface area contributed by atoms with Crippen molar-refractivity contribution in [3.63, 3.8) is 0 Å². The third kappa shape index (κ3) is 3.09. The van der Waals surface area contributed by atoms with Gasteiger partial charge in [-0.1, -0.05) is 11.6 Å². The Morgan fingerprint density at radius 3 is 2.22 bits per heavy atom. The summed E-state index contributed by atoms with van der Waals surface area (Å²) in [6.07, 6.45) is 0. The van der Waals surface area contributed by atoms with Crippen LogP contribution < -0.4 is 4.90 Å². The maximum absolute atomic E-state index is 11.7. The normalized spacial score (nSPS) is 17.7. The molecule has 98 valence electrons. The fraction of sp³-hybridized carbons (Fsp3) is 0.462. The average Bonchev–Trinajstić information content (AvgIpc) is 2.39. The van der Waals surface area contributed by atoms with Gasteiger partial charge in [-0.05, 0) is 31.2 Å². The summed E-state index contributed by atoms with van der Waals surface area (Å²) in [5, 5.41) is 0.301. The van der Waals surface area contributed by atoms with Crippen LogP contribution >= 0.6 is 23.2 Å². The van der Waals surface area contributed by atoms with Crippen molar-refractivity contribution >= 4 is 34.8 Å². The van der Waals surface area contributed by atoms with Crippen LogP contribution in [0.3, 0.4) is 0 Å². The van der Waals surface area contributed by atoms with Gasteiger partial charge in [-0.2, -0.15) is 0 Å². The predicted molar refractivity (Wildman–Crippen MR) is 75.6 cm³/mol. The molecular weight excluding hydrogens is 271 g/mol. The standard InChI is InChI=1S/C13H16Cl2N2O/c1-10(14)13(18)17-8-6-16(7-9-17)12-4-2-11(15)3-5-12/h2-5,10H,6-9H2,1H3. The Balaban J connectivity index is 1.94. The topological polar surface area (TPSA) is 23.6 Å². The number of rotatable bonds is 2. The minimum Gasteiger partial charge on any atom is -0.368 e. The summed E-state index contributed by atoms with van der Waals surface area (Å²) in [6, 6.07) is 7.78. The quantitative estimate of drug-likeness (QED) is 0.781. The Morgan fingerprint density at radius 1 is 1.17 bits per heavy atom. The molecule has 1 amide bonds. The van der Waals surface area contributed by atoms with Gasteiger partial charge < -0.3 is 9.80 Å². The number of carbonyl (C=O) groups excluding carboxylic acids is 1. The van der Waals surface area contributed by atoms with Crippen LogP contribution in [0.15, 0.2) is 24.3 Å². The van der Waals surface area contributed by atoms with E-state index in [9.17, 15) is 4.79 Å². The SMILES string of the molecule is CC(Cl)C(=O)N1CCN(c2ccc(Cl)cc2)CC1. The smallest absolute Gasteiger partial charge is 0.240 e. The van der Waals surface area contributed by atoms with Crippen LogP contribution in [0.5, 0.6) is 0 Å². The van der Waals surface area contributed by atoms with Gasteiger partial charge in [0, 0.05) is 36.9 Å². The van der Waals surface area contributed by atoms with E-state index in [4.69, 9.17) is 23.2 Å². The Morgan fingerprint density at radius 2 is 1.72 bits per heavy atom. The maximum Gasteiger partial charge on any atom is 0.240 e. The van der Waals surface area contributed by atoms with Gasteiger partial charge in [0.2, 0.25) is 5.91 Å². The molecule has 1 fully saturated rings. The lowest BCUT2D eigenvalue weighted by molar-refractivity contribution is -0.130. The van der Waals surface area contributed by atoms with Gasteiger partial charge in [0.15, 0.2) is 0 Å². The van der Waals surface area contributed by atoms with Gasteiger partial charge in [0.05, 0.1) is 0 Å². The van der Waals surface area contributed by atoms with Crippen LogP contribution in [0.1, 0.15) is 6.92 Å². The molecular formula is C13H16Cl2N2O. The predicted octanol–water partition coefficient (Wildman–Crippen LogP) is 2.62. The molecule has 2 rings (SSSR count). The fourth-order valence-electron chi connectivity index (χ4n) is 2.09. The third-order valence-corrected chi connectivity index (χ3v) is 3.56. The second-order valence-corrected chi connectivity index (χ2v) is 5.50. The molecule has 1 heterocycles. The minimum atomic E-state index is -0.438. The number of nitrogens with zero attached hydrogens (tertiary/aromatic N) is 2. The lowest BCUT2D eigenvalue weighted by atomic mass is 10.2. The number of benzene rings is 1. The van der Waals surface area contributed by atoms with Crippen molar-refractivity contribution in [3.05, 3.63) is 29.3 Å². The highest BCUT2D eigenvalue weighted by molar-refractivity contribution is 6.30. The van der Waals surface area contributed by atoms with Crippen LogP contribution in [0.2, 0.25) is 5.02 Å². The van der Waals surface area contributed by atoms with Crippen molar-refractivity contribution in [2.24, 2.45) is 0 Å². The molecule has 0 spiro atoms. The first-order valence-corrected chi connectivity index (χ1v) is 6.83. The molecule has 0 N–H and O–H groups in total. The molecule has 5 heteroatoms. The summed E-state index contributed by atoms with van der Waals surface area (Å²) < 4.78 is 0. The zero-order valence-corrected chi connectivity index (χ0v) is 11.8. The highest BCUT2D eigenvalue weighted by Crippen LogP contribution is 2.19. The van der Waals surface area contributed by atoms with Gasteiger partial charge in [-0.3, -0.25) is 4.79 Å². The lowest BCUT2D eigenvalue weighted by Crippen LogP contribution is -2.50. The molecule has 1 saturated heterocycles. The molecule has 0 aliphatic carbocycles. The van der Waals surface area contributed by atoms with E-state index in [1.54, 1.807) is 6.92 Å². The van der Waals surface area contributed by atoms with E-state index in [0.29, 0.717) is 0 Å². The van der Waals surface area contributed by atoms with E-state index < -0.39 is 5.38 Å². The van der Waals surface area contributed by atoms with Crippen molar-refractivity contribution in [1.82, 2.24) is 4.90 Å². The second-order valence-electron chi connectivity index (χ2n) is 4.40. The Kier molecular flexibility index (Phi) is 4.36. The Labute approximate surface area is 117 Å². The maximum atomic E-state index is 11.7. The van der Waals surface area contributed by atoms with E-state index in [-0.39, 0.29) is 5.91 Å². The highest BCUT2D eigenvalue weighted by atomic mass is 35.5. The number of piperazine rings is 1. The van der Waals surface area contributed by atoms with E-state index in [0.717, 1.165) is 36.9 Å². The van der Waals surface area contributed by atoms with Crippen LogP contribution in [0.25, 0.3) is 0 Å². The van der Waals surface area contributed by atoms with E-state index in [2.05, 4.69) is 4.90 Å². The van der Waals surface area contributed by atoms with Crippen LogP contribution in [-0.4, -0.2) is 42.4 Å². The molecule has 1 aliphatic heterocycles. The number of alkyl halides is 1. The molecule has 1 aliphatic rings. The summed E-state index contributed by atoms with van der Waals surface area (Å²) in [6.45, 7) is 4.82. The first-order valence-electron chi connectivity index (χ1n) is 6.01. The van der Waals surface area contributed by atoms with Crippen LogP contribution in [0, 0.1) is 0 Å². The zero-order chi connectivity index (χ0) is 13.1. The summed E-state index contributed by atoms with van der Waals surface area (Å²) >= 11 is 11.7. The molecule has 0 aromatic heterocycles. The van der Waals surface area contributed by atoms with Crippen molar-refractivity contribution in [1.29, 1.82) is 0 Å². The largest absolute Gasteiger partial charge is 0.368 e. The van der Waals surface area contributed by atoms with E-state index >= 15 is 0 Å². The number of halogens is 2. The summed E-state index contributed by atoms with van der Waals surface area (Å²) in [5.41, 5.74) is 1.14. The van der Waals surface area contributed by atoms with Gasteiger partial charge in [0.1, 0.15) is 5.38 Å². The number of hydrogen-bond donors (Lipinski definition) is 0. The van der Waals surface area contributed by atoms with Crippen molar-refractivity contribution < 1.29 is 4.79 Å². The molecule has 3 nitrogen and oxygen atoms in total. The zero-order valence-electron chi connectivity index (χ0n) is 10.3. The molecule has 1 atom stereocenters. The molecule has 1 aromatic rings. The van der Waals surface area contributed by atoms with Crippen molar-refractivity contribution in [2.45, 2.75) is 12.3 Å². The van der Waals surface area contributed by atoms with E-state index in [1.165, 1.54) is 0 Å². The van der Waals surface area contributed by atoms with Gasteiger partial charge in [-0.15, -0.1) is 11.6 Å². The average molecular weight is 287 g/mol. The van der Waals surface area contributed by atoms with Crippen LogP contribution in [0.4, 0.5) is 5.69 Å². The molecule has 18 heavy (non-hydrogen) atoms. The molecule has 0 radical (unpaired) electrons. The van der Waals surface area contributed by atoms with Gasteiger partial charge in [0.25, 0.3) is 0 Å². The highest BCUT2D eigenvalue weighted by Gasteiger charge is 2.23. The van der Waals surface area contributed by atoms with Gasteiger partial charge in [-0.25, -0.2) is 0 Å². The summed E-state index contributed by atoms with van der Waals surface area (Å²) in [7, 11) is 0. The van der Waals surface area contributed by atoms with Gasteiger partial charge >= 0.3 is 0 Å². The Bertz CT molecular complexity index is 412. The number of carbonyl (C=O) groups is 1. The summed E-state index contributed by atoms with van der Waals surface area (Å²) in [5.74, 6) is 0.0208. The molecule has 1 aromatic carbocycles. The van der Waals surface area contributed by atoms with Crippen molar-refractivity contribution in [2.75, 3.05) is 31.1 Å². The van der Waals surface area contributed by atoms with E-state index in [1.807, 2.05) is 29.2 Å². The number of amides is 1. The Hall–Kier alpha value is -0.930. The number of hydrogen-bond acceptors (Lipinski definition) is 2. The molecule has 1 unspecified atom stereocenters. The minimum absolute atomic E-state index is 0.0208. The molecule has 0 bridgehead atoms. The molecule has 0 saturated carbocycles. The lowest BCUT2D eigenvalue weighted by Gasteiger charge is -2.36. The first-order chi connectivity index (χ1) is 8.58. The third-order valence-electron chi connectivity index (χ3n) is 3.12. The second kappa shape index (κ2) is 5.81. The fourth-order valence-corrected chi connectivity index (χ4v) is 2.35. The van der Waals surface area contributed by atoms with Crippen LogP contribution in [-0.2, 0) is 4.79 Å². The van der Waals surface area contributed by atoms with Crippen molar-refractivity contribution in [3.8, 4) is 0 Å². The number of anilines is 1. The first kappa shape index (κ1) is 13.5. The summed E-state index contributed by atoms with van der Waals surface area (Å²) in [4.78, 5) is 15.8. The monoisotopic (exact) mass is 286 g/mol.